The molecule has 1 N–H and O–H groups in total. The van der Waals surface area contributed by atoms with E-state index in [0.29, 0.717) is 13.2 Å². The van der Waals surface area contributed by atoms with E-state index in [9.17, 15) is 13.2 Å². The number of benzene rings is 2. The van der Waals surface area contributed by atoms with E-state index in [2.05, 4.69) is 11.4 Å². The number of ether oxygens (including phenoxy) is 2. The SMILES string of the molecule is Cc1cc(C)cc(OCCNC(=O)c2cc(S(=O)(=O)N3CCOCC3)ccc2Cl)c1. The van der Waals surface area contributed by atoms with Crippen molar-refractivity contribution in [3.05, 3.63) is 58.1 Å². The third-order valence-corrected chi connectivity index (χ3v) is 6.87. The molecule has 162 valence electrons. The highest BCUT2D eigenvalue weighted by Crippen LogP contribution is 2.23. The van der Waals surface area contributed by atoms with Crippen molar-refractivity contribution < 1.29 is 22.7 Å². The predicted octanol–water partition coefficient (Wildman–Crippen LogP) is 2.79. The van der Waals surface area contributed by atoms with E-state index in [-0.39, 0.29) is 41.7 Å². The summed E-state index contributed by atoms with van der Waals surface area (Å²) in [5.74, 6) is 0.279. The minimum absolute atomic E-state index is 0.0328. The molecule has 1 heterocycles. The van der Waals surface area contributed by atoms with Crippen molar-refractivity contribution in [3.63, 3.8) is 0 Å². The van der Waals surface area contributed by atoms with Crippen LogP contribution in [0, 0.1) is 13.8 Å². The van der Waals surface area contributed by atoms with Crippen LogP contribution in [0.4, 0.5) is 0 Å². The fourth-order valence-corrected chi connectivity index (χ4v) is 4.86. The van der Waals surface area contributed by atoms with E-state index >= 15 is 0 Å². The number of carbonyl (C=O) groups is 1. The molecule has 0 bridgehead atoms. The number of hydrogen-bond acceptors (Lipinski definition) is 5. The van der Waals surface area contributed by atoms with Crippen molar-refractivity contribution in [2.45, 2.75) is 18.7 Å². The Hall–Kier alpha value is -2.13. The van der Waals surface area contributed by atoms with Gasteiger partial charge in [0.25, 0.3) is 5.91 Å². The van der Waals surface area contributed by atoms with Gasteiger partial charge < -0.3 is 14.8 Å². The van der Waals surface area contributed by atoms with Gasteiger partial charge in [-0.25, -0.2) is 8.42 Å². The summed E-state index contributed by atoms with van der Waals surface area (Å²) >= 11 is 6.15. The molecule has 1 saturated heterocycles. The third kappa shape index (κ3) is 5.51. The summed E-state index contributed by atoms with van der Waals surface area (Å²) < 4.78 is 37.9. The van der Waals surface area contributed by atoms with Crippen LogP contribution in [0.3, 0.4) is 0 Å². The largest absolute Gasteiger partial charge is 0.492 e. The van der Waals surface area contributed by atoms with Crippen molar-refractivity contribution in [1.82, 2.24) is 9.62 Å². The first-order chi connectivity index (χ1) is 14.3. The quantitative estimate of drug-likeness (QED) is 0.653. The molecule has 1 fully saturated rings. The second kappa shape index (κ2) is 9.78. The Balaban J connectivity index is 1.63. The highest BCUT2D eigenvalue weighted by Gasteiger charge is 2.27. The van der Waals surface area contributed by atoms with Crippen molar-refractivity contribution in [1.29, 1.82) is 0 Å². The first-order valence-corrected chi connectivity index (χ1v) is 11.5. The van der Waals surface area contributed by atoms with Gasteiger partial charge in [0.1, 0.15) is 12.4 Å². The monoisotopic (exact) mass is 452 g/mol. The van der Waals surface area contributed by atoms with Crippen LogP contribution in [-0.2, 0) is 14.8 Å². The molecular weight excluding hydrogens is 428 g/mol. The zero-order valence-corrected chi connectivity index (χ0v) is 18.6. The maximum Gasteiger partial charge on any atom is 0.252 e. The van der Waals surface area contributed by atoms with Crippen LogP contribution in [0.1, 0.15) is 21.5 Å². The van der Waals surface area contributed by atoms with Crippen molar-refractivity contribution >= 4 is 27.5 Å². The molecule has 0 unspecified atom stereocenters. The lowest BCUT2D eigenvalue weighted by Crippen LogP contribution is -2.40. The van der Waals surface area contributed by atoms with Gasteiger partial charge in [0.15, 0.2) is 0 Å². The number of morpholine rings is 1. The van der Waals surface area contributed by atoms with Crippen LogP contribution in [0.2, 0.25) is 5.02 Å². The topological polar surface area (TPSA) is 84.9 Å². The second-order valence-corrected chi connectivity index (χ2v) is 9.43. The molecule has 0 saturated carbocycles. The molecule has 0 spiro atoms. The van der Waals surface area contributed by atoms with E-state index in [1.54, 1.807) is 0 Å². The van der Waals surface area contributed by atoms with Gasteiger partial charge in [-0.15, -0.1) is 0 Å². The van der Waals surface area contributed by atoms with E-state index in [4.69, 9.17) is 21.1 Å². The normalized spacial score (nSPS) is 15.0. The molecular formula is C21H25ClN2O5S. The molecule has 0 atom stereocenters. The smallest absolute Gasteiger partial charge is 0.252 e. The number of aryl methyl sites for hydroxylation is 2. The van der Waals surface area contributed by atoms with Gasteiger partial charge in [-0.05, 0) is 55.3 Å². The Bertz CT molecular complexity index is 1000. The van der Waals surface area contributed by atoms with Crippen LogP contribution in [0.25, 0.3) is 0 Å². The highest BCUT2D eigenvalue weighted by atomic mass is 35.5. The van der Waals surface area contributed by atoms with Gasteiger partial charge in [-0.1, -0.05) is 17.7 Å². The van der Waals surface area contributed by atoms with E-state index < -0.39 is 15.9 Å². The first kappa shape index (κ1) is 22.6. The molecule has 0 aromatic heterocycles. The number of halogens is 1. The molecule has 3 rings (SSSR count). The van der Waals surface area contributed by atoms with Gasteiger partial charge in [-0.3, -0.25) is 4.79 Å². The zero-order chi connectivity index (χ0) is 21.7. The summed E-state index contributed by atoms with van der Waals surface area (Å²) in [6.07, 6.45) is 0. The lowest BCUT2D eigenvalue weighted by Gasteiger charge is -2.26. The average molecular weight is 453 g/mol. The minimum atomic E-state index is -3.71. The number of amides is 1. The predicted molar refractivity (Wildman–Crippen MR) is 115 cm³/mol. The summed E-state index contributed by atoms with van der Waals surface area (Å²) in [5.41, 5.74) is 2.30. The molecule has 9 heteroatoms. The Kier molecular flexibility index (Phi) is 7.36. The van der Waals surface area contributed by atoms with E-state index in [1.807, 2.05) is 26.0 Å². The minimum Gasteiger partial charge on any atom is -0.492 e. The maximum absolute atomic E-state index is 12.8. The standard InChI is InChI=1S/C21H25ClN2O5S/c1-15-11-16(2)13-17(12-15)29-8-5-23-21(25)19-14-18(3-4-20(19)22)30(26,27)24-6-9-28-10-7-24/h3-4,11-14H,5-10H2,1-2H3,(H,23,25). The van der Waals surface area contributed by atoms with Gasteiger partial charge in [-0.2, -0.15) is 4.31 Å². The molecule has 30 heavy (non-hydrogen) atoms. The van der Waals surface area contributed by atoms with Crippen molar-refractivity contribution in [2.75, 3.05) is 39.5 Å². The number of nitrogens with zero attached hydrogens (tertiary/aromatic N) is 1. The van der Waals surface area contributed by atoms with Crippen molar-refractivity contribution in [3.8, 4) is 5.75 Å². The Morgan fingerprint density at radius 3 is 2.47 bits per heavy atom. The van der Waals surface area contributed by atoms with Gasteiger partial charge >= 0.3 is 0 Å². The molecule has 2 aromatic carbocycles. The second-order valence-electron chi connectivity index (χ2n) is 7.09. The van der Waals surface area contributed by atoms with Crippen LogP contribution in [0.15, 0.2) is 41.3 Å². The van der Waals surface area contributed by atoms with Crippen LogP contribution < -0.4 is 10.1 Å². The summed E-state index contributed by atoms with van der Waals surface area (Å²) in [4.78, 5) is 12.6. The fourth-order valence-electron chi connectivity index (χ4n) is 3.22. The first-order valence-electron chi connectivity index (χ1n) is 9.64. The van der Waals surface area contributed by atoms with Gasteiger partial charge in [0.05, 0.1) is 35.2 Å². The Labute approximate surface area is 182 Å². The molecule has 0 aliphatic carbocycles. The van der Waals surface area contributed by atoms with Crippen LogP contribution in [0.5, 0.6) is 5.75 Å². The third-order valence-electron chi connectivity index (χ3n) is 4.64. The summed E-state index contributed by atoms with van der Waals surface area (Å²) in [6, 6.07) is 10.0. The molecule has 1 aliphatic rings. The lowest BCUT2D eigenvalue weighted by molar-refractivity contribution is 0.0730. The number of sulfonamides is 1. The number of nitrogens with one attached hydrogen (secondary N) is 1. The zero-order valence-electron chi connectivity index (χ0n) is 17.0. The molecule has 7 nitrogen and oxygen atoms in total. The Morgan fingerprint density at radius 2 is 1.80 bits per heavy atom. The molecule has 2 aromatic rings. The number of rotatable bonds is 7. The number of carbonyl (C=O) groups excluding carboxylic acids is 1. The van der Waals surface area contributed by atoms with Crippen LogP contribution in [-0.4, -0.2) is 58.1 Å². The van der Waals surface area contributed by atoms with E-state index in [0.717, 1.165) is 16.9 Å². The Morgan fingerprint density at radius 1 is 1.13 bits per heavy atom. The summed E-state index contributed by atoms with van der Waals surface area (Å²) in [7, 11) is -3.71. The average Bonchev–Trinajstić information content (AvgIpc) is 2.71. The number of hydrogen-bond donors (Lipinski definition) is 1. The molecule has 1 aliphatic heterocycles. The van der Waals surface area contributed by atoms with Gasteiger partial charge in [0, 0.05) is 13.1 Å². The summed E-state index contributed by atoms with van der Waals surface area (Å²) in [5, 5.41) is 2.90. The van der Waals surface area contributed by atoms with E-state index in [1.165, 1.54) is 22.5 Å². The fraction of sp³-hybridized carbons (Fsp3) is 0.381. The van der Waals surface area contributed by atoms with Crippen LogP contribution >= 0.6 is 11.6 Å². The lowest BCUT2D eigenvalue weighted by atomic mass is 10.1. The molecule has 0 radical (unpaired) electrons. The maximum atomic E-state index is 12.8. The summed E-state index contributed by atoms with van der Waals surface area (Å²) in [6.45, 7) is 5.76. The van der Waals surface area contributed by atoms with Gasteiger partial charge in [0.2, 0.25) is 10.0 Å². The molecule has 1 amide bonds. The highest BCUT2D eigenvalue weighted by molar-refractivity contribution is 7.89. The van der Waals surface area contributed by atoms with Crippen molar-refractivity contribution in [2.24, 2.45) is 0 Å².